The first-order chi connectivity index (χ1) is 15.1. The van der Waals surface area contributed by atoms with Crippen LogP contribution in [0.4, 0.5) is 10.1 Å². The first-order valence-electron chi connectivity index (χ1n) is 9.98. The fraction of sp³-hybridized carbons (Fsp3) is 0.125. The molecule has 0 radical (unpaired) electrons. The molecule has 1 aromatic carbocycles. The summed E-state index contributed by atoms with van der Waals surface area (Å²) in [6.45, 7) is 1.76. The van der Waals surface area contributed by atoms with Crippen molar-refractivity contribution in [1.29, 1.82) is 0 Å². The first kappa shape index (κ1) is 19.4. The van der Waals surface area contributed by atoms with Crippen molar-refractivity contribution < 1.29 is 4.39 Å². The Hall–Kier alpha value is -3.58. The lowest BCUT2D eigenvalue weighted by Gasteiger charge is -2.29. The molecule has 4 aromatic rings. The van der Waals surface area contributed by atoms with Crippen molar-refractivity contribution in [3.05, 3.63) is 108 Å². The number of hydrogen-bond acceptors (Lipinski definition) is 3. The maximum absolute atomic E-state index is 14.0. The fourth-order valence-electron chi connectivity index (χ4n) is 4.09. The van der Waals surface area contributed by atoms with Gasteiger partial charge in [-0.15, -0.1) is 0 Å². The van der Waals surface area contributed by atoms with Gasteiger partial charge in [0.1, 0.15) is 11.9 Å². The average Bonchev–Trinajstić information content (AvgIpc) is 3.41. The van der Waals surface area contributed by atoms with E-state index in [9.17, 15) is 4.39 Å². The number of pyridine rings is 2. The molecule has 5 nitrogen and oxygen atoms in total. The van der Waals surface area contributed by atoms with Crippen LogP contribution in [0.2, 0.25) is 0 Å². The Bertz CT molecular complexity index is 1230. The van der Waals surface area contributed by atoms with Gasteiger partial charge in [0.05, 0.1) is 11.7 Å². The molecule has 31 heavy (non-hydrogen) atoms. The Morgan fingerprint density at radius 3 is 2.55 bits per heavy atom. The van der Waals surface area contributed by atoms with Crippen molar-refractivity contribution in [2.75, 3.05) is 4.90 Å². The Labute approximate surface area is 185 Å². The number of aryl methyl sites for hydroxylation is 1. The summed E-state index contributed by atoms with van der Waals surface area (Å²) in [5.41, 5.74) is 4.34. The molecule has 3 aromatic heterocycles. The molecule has 1 N–H and O–H groups in total. The summed E-state index contributed by atoms with van der Waals surface area (Å²) in [6.07, 6.45) is 7.35. The Morgan fingerprint density at radius 1 is 0.968 bits per heavy atom. The third-order valence-corrected chi connectivity index (χ3v) is 5.86. The van der Waals surface area contributed by atoms with Crippen LogP contribution in [-0.2, 0) is 0 Å². The van der Waals surface area contributed by atoms with Crippen molar-refractivity contribution in [1.82, 2.24) is 19.9 Å². The zero-order valence-electron chi connectivity index (χ0n) is 16.8. The topological polar surface area (TPSA) is 46.0 Å². The Kier molecular flexibility index (Phi) is 4.95. The van der Waals surface area contributed by atoms with E-state index in [1.807, 2.05) is 53.6 Å². The van der Waals surface area contributed by atoms with E-state index >= 15 is 0 Å². The number of hydrogen-bond donors (Lipinski definition) is 1. The maximum Gasteiger partial charge on any atom is 0.174 e. The van der Waals surface area contributed by atoms with Crippen molar-refractivity contribution >= 4 is 23.0 Å². The van der Waals surface area contributed by atoms with Crippen LogP contribution >= 0.6 is 12.2 Å². The molecule has 7 heteroatoms. The second-order valence-electron chi connectivity index (χ2n) is 7.44. The van der Waals surface area contributed by atoms with Crippen LogP contribution < -0.4 is 10.2 Å². The minimum Gasteiger partial charge on any atom is -0.351 e. The van der Waals surface area contributed by atoms with Crippen LogP contribution in [0.15, 0.2) is 85.5 Å². The van der Waals surface area contributed by atoms with Gasteiger partial charge in [-0.2, -0.15) is 0 Å². The second kappa shape index (κ2) is 7.92. The number of thiocarbonyl (C=S) groups is 1. The third kappa shape index (κ3) is 3.47. The number of halogens is 1. The molecule has 1 aliphatic heterocycles. The SMILES string of the molecule is Cc1cc(N2C(=S)N[C@H](c3ccccn3)[C@H]2c2cccn2-c2ccncc2)ccc1F. The Balaban J connectivity index is 1.68. The zero-order chi connectivity index (χ0) is 21.4. The molecule has 5 rings (SSSR count). The lowest BCUT2D eigenvalue weighted by atomic mass is 10.0. The highest BCUT2D eigenvalue weighted by atomic mass is 32.1. The number of nitrogens with zero attached hydrogens (tertiary/aromatic N) is 4. The zero-order valence-corrected chi connectivity index (χ0v) is 17.6. The van der Waals surface area contributed by atoms with E-state index in [-0.39, 0.29) is 17.9 Å². The van der Waals surface area contributed by atoms with Crippen molar-refractivity contribution in [3.63, 3.8) is 0 Å². The van der Waals surface area contributed by atoms with Crippen LogP contribution in [0.5, 0.6) is 0 Å². The molecule has 1 saturated heterocycles. The second-order valence-corrected chi connectivity index (χ2v) is 7.83. The van der Waals surface area contributed by atoms with Gasteiger partial charge in [-0.05, 0) is 79.3 Å². The standard InChI is InChI=1S/C24H20FN5S/c1-16-15-18(7-8-19(16)25)30-23(22(28-24(30)31)20-5-2-3-11-27-20)21-6-4-14-29(21)17-9-12-26-13-10-17/h2-15,22-23H,1H3,(H,28,31)/t22-,23-/m1/s1. The van der Waals surface area contributed by atoms with Gasteiger partial charge in [0.15, 0.2) is 5.11 Å². The third-order valence-electron chi connectivity index (χ3n) is 5.54. The normalized spacial score (nSPS) is 18.3. The number of rotatable bonds is 4. The van der Waals surface area contributed by atoms with E-state index in [4.69, 9.17) is 12.2 Å². The number of aromatic nitrogens is 3. The fourth-order valence-corrected chi connectivity index (χ4v) is 4.43. The molecule has 1 aliphatic rings. The molecule has 0 saturated carbocycles. The van der Waals surface area contributed by atoms with E-state index in [2.05, 4.69) is 25.9 Å². The van der Waals surface area contributed by atoms with Crippen LogP contribution in [0, 0.1) is 12.7 Å². The molecular formula is C24H20FN5S. The molecule has 0 bridgehead atoms. The summed E-state index contributed by atoms with van der Waals surface area (Å²) in [7, 11) is 0. The summed E-state index contributed by atoms with van der Waals surface area (Å²) in [5.74, 6) is -0.236. The first-order valence-corrected chi connectivity index (χ1v) is 10.4. The number of anilines is 1. The van der Waals surface area contributed by atoms with Crippen LogP contribution in [0.3, 0.4) is 0 Å². The predicted octanol–water partition coefficient (Wildman–Crippen LogP) is 4.89. The molecule has 0 amide bonds. The molecule has 0 unspecified atom stereocenters. The van der Waals surface area contributed by atoms with E-state index in [1.165, 1.54) is 6.07 Å². The van der Waals surface area contributed by atoms with Gasteiger partial charge in [-0.3, -0.25) is 9.97 Å². The predicted molar refractivity (Wildman–Crippen MR) is 123 cm³/mol. The van der Waals surface area contributed by atoms with Crippen molar-refractivity contribution in [2.45, 2.75) is 19.0 Å². The van der Waals surface area contributed by atoms with Crippen LogP contribution in [0.25, 0.3) is 5.69 Å². The quantitative estimate of drug-likeness (QED) is 0.468. The molecule has 0 spiro atoms. The lowest BCUT2D eigenvalue weighted by Crippen LogP contribution is -2.30. The smallest absolute Gasteiger partial charge is 0.174 e. The molecule has 154 valence electrons. The molecule has 4 heterocycles. The van der Waals surface area contributed by atoms with E-state index in [0.717, 1.165) is 22.8 Å². The summed E-state index contributed by atoms with van der Waals surface area (Å²) in [6, 6.07) is 18.6. The highest BCUT2D eigenvalue weighted by Gasteiger charge is 2.42. The summed E-state index contributed by atoms with van der Waals surface area (Å²) >= 11 is 5.76. The van der Waals surface area contributed by atoms with Gasteiger partial charge in [0.2, 0.25) is 0 Å². The van der Waals surface area contributed by atoms with Gasteiger partial charge >= 0.3 is 0 Å². The van der Waals surface area contributed by atoms with E-state index in [0.29, 0.717) is 10.7 Å². The molecular weight excluding hydrogens is 409 g/mol. The van der Waals surface area contributed by atoms with Crippen LogP contribution in [0.1, 0.15) is 29.0 Å². The maximum atomic E-state index is 14.0. The molecule has 2 atom stereocenters. The van der Waals surface area contributed by atoms with E-state index in [1.54, 1.807) is 31.6 Å². The average molecular weight is 430 g/mol. The summed E-state index contributed by atoms with van der Waals surface area (Å²) in [5, 5.41) is 4.02. The van der Waals surface area contributed by atoms with Gasteiger partial charge in [-0.25, -0.2) is 4.39 Å². The van der Waals surface area contributed by atoms with Crippen molar-refractivity contribution in [2.24, 2.45) is 0 Å². The van der Waals surface area contributed by atoms with Crippen LogP contribution in [-0.4, -0.2) is 19.6 Å². The van der Waals surface area contributed by atoms with Crippen molar-refractivity contribution in [3.8, 4) is 5.69 Å². The largest absolute Gasteiger partial charge is 0.351 e. The van der Waals surface area contributed by atoms with Gasteiger partial charge in [-0.1, -0.05) is 6.07 Å². The minimum atomic E-state index is -0.236. The summed E-state index contributed by atoms with van der Waals surface area (Å²) in [4.78, 5) is 10.8. The van der Waals surface area contributed by atoms with Gasteiger partial charge in [0, 0.05) is 41.9 Å². The summed E-state index contributed by atoms with van der Waals surface area (Å²) < 4.78 is 16.1. The molecule has 1 fully saturated rings. The highest BCUT2D eigenvalue weighted by molar-refractivity contribution is 7.80. The monoisotopic (exact) mass is 429 g/mol. The molecule has 0 aliphatic carbocycles. The Morgan fingerprint density at radius 2 is 1.81 bits per heavy atom. The van der Waals surface area contributed by atoms with Gasteiger partial charge in [0.25, 0.3) is 0 Å². The lowest BCUT2D eigenvalue weighted by molar-refractivity contribution is 0.549. The van der Waals surface area contributed by atoms with E-state index < -0.39 is 0 Å². The number of benzene rings is 1. The minimum absolute atomic E-state index is 0.172. The number of nitrogens with one attached hydrogen (secondary N) is 1. The van der Waals surface area contributed by atoms with Gasteiger partial charge < -0.3 is 14.8 Å². The highest BCUT2D eigenvalue weighted by Crippen LogP contribution is 2.42.